The molecule has 1 aliphatic heterocycles. The van der Waals surface area contributed by atoms with Crippen molar-refractivity contribution in [3.63, 3.8) is 0 Å². The fraction of sp³-hybridized carbons (Fsp3) is 0.368. The molecule has 0 spiro atoms. The number of piperidine rings is 1. The van der Waals surface area contributed by atoms with E-state index in [1.165, 1.54) is 12.1 Å². The third-order valence-corrected chi connectivity index (χ3v) is 4.58. The third-order valence-electron chi connectivity index (χ3n) is 4.58. The van der Waals surface area contributed by atoms with Crippen molar-refractivity contribution in [2.24, 2.45) is 5.92 Å². The van der Waals surface area contributed by atoms with Gasteiger partial charge in [0.05, 0.1) is 17.4 Å². The van der Waals surface area contributed by atoms with Crippen LogP contribution in [0.3, 0.4) is 0 Å². The van der Waals surface area contributed by atoms with Gasteiger partial charge in [-0.3, -0.25) is 4.79 Å². The molecule has 3 rings (SSSR count). The number of anilines is 2. The average Bonchev–Trinajstić information content (AvgIpc) is 2.62. The predicted molar refractivity (Wildman–Crippen MR) is 94.2 cm³/mol. The highest BCUT2D eigenvalue weighted by molar-refractivity contribution is 6.03. The Morgan fingerprint density at radius 3 is 2.54 bits per heavy atom. The van der Waals surface area contributed by atoms with Crippen LogP contribution >= 0.6 is 0 Å². The highest BCUT2D eigenvalue weighted by Gasteiger charge is 2.30. The van der Waals surface area contributed by atoms with Crippen molar-refractivity contribution < 1.29 is 18.0 Å². The van der Waals surface area contributed by atoms with E-state index in [0.717, 1.165) is 49.7 Å². The van der Waals surface area contributed by atoms with Gasteiger partial charge in [-0.05, 0) is 49.1 Å². The smallest absolute Gasteiger partial charge is 0.370 e. The van der Waals surface area contributed by atoms with Gasteiger partial charge in [0.1, 0.15) is 5.69 Å². The summed E-state index contributed by atoms with van der Waals surface area (Å²) in [4.78, 5) is 18.6. The summed E-state index contributed by atoms with van der Waals surface area (Å²) in [5.74, 6) is 0.180. The van der Waals surface area contributed by atoms with Gasteiger partial charge < -0.3 is 10.2 Å². The second-order valence-electron chi connectivity index (χ2n) is 6.60. The summed E-state index contributed by atoms with van der Waals surface area (Å²) >= 11 is 0. The number of amides is 1. The minimum atomic E-state index is -4.45. The number of nitrogens with one attached hydrogen (secondary N) is 1. The monoisotopic (exact) mass is 363 g/mol. The summed E-state index contributed by atoms with van der Waals surface area (Å²) in [7, 11) is 0. The van der Waals surface area contributed by atoms with E-state index in [0.29, 0.717) is 0 Å². The molecule has 1 saturated heterocycles. The van der Waals surface area contributed by atoms with Crippen molar-refractivity contribution in [1.82, 2.24) is 4.98 Å². The summed E-state index contributed by atoms with van der Waals surface area (Å²) in [5, 5.41) is 2.46. The highest BCUT2D eigenvalue weighted by atomic mass is 19.4. The minimum absolute atomic E-state index is 0.0840. The lowest BCUT2D eigenvalue weighted by molar-refractivity contribution is -0.137. The van der Waals surface area contributed by atoms with E-state index in [4.69, 9.17) is 0 Å². The maximum absolute atomic E-state index is 12.7. The molecular weight excluding hydrogens is 343 g/mol. The van der Waals surface area contributed by atoms with Gasteiger partial charge in [0, 0.05) is 18.8 Å². The lowest BCUT2D eigenvalue weighted by Gasteiger charge is -2.31. The van der Waals surface area contributed by atoms with Gasteiger partial charge >= 0.3 is 6.18 Å². The van der Waals surface area contributed by atoms with Crippen LogP contribution in [0.25, 0.3) is 0 Å². The lowest BCUT2D eigenvalue weighted by Crippen LogP contribution is -2.32. The molecule has 0 atom stereocenters. The lowest BCUT2D eigenvalue weighted by atomic mass is 9.99. The molecule has 26 heavy (non-hydrogen) atoms. The van der Waals surface area contributed by atoms with Crippen LogP contribution in [0, 0.1) is 5.92 Å². The average molecular weight is 363 g/mol. The Kier molecular flexibility index (Phi) is 5.15. The molecule has 2 aromatic rings. The molecule has 4 nitrogen and oxygen atoms in total. The van der Waals surface area contributed by atoms with Crippen LogP contribution in [0.2, 0.25) is 0 Å². The van der Waals surface area contributed by atoms with Crippen LogP contribution in [-0.2, 0) is 6.18 Å². The Balaban J connectivity index is 1.67. The molecule has 1 amide bonds. The van der Waals surface area contributed by atoms with Crippen LogP contribution in [0.1, 0.15) is 35.8 Å². The summed E-state index contributed by atoms with van der Waals surface area (Å²) in [6, 6.07) is 7.95. The number of rotatable bonds is 3. The van der Waals surface area contributed by atoms with Crippen molar-refractivity contribution in [3.8, 4) is 0 Å². The van der Waals surface area contributed by atoms with Crippen molar-refractivity contribution >= 4 is 17.3 Å². The second kappa shape index (κ2) is 7.35. The summed E-state index contributed by atoms with van der Waals surface area (Å²) < 4.78 is 38.2. The number of aromatic nitrogens is 1. The Hall–Kier alpha value is -2.57. The van der Waals surface area contributed by atoms with Gasteiger partial charge in [0.15, 0.2) is 0 Å². The molecular formula is C19H20F3N3O. The maximum atomic E-state index is 12.7. The molecule has 2 heterocycles. The zero-order chi connectivity index (χ0) is 18.7. The first-order valence-corrected chi connectivity index (χ1v) is 8.52. The quantitative estimate of drug-likeness (QED) is 0.868. The SMILES string of the molecule is CC1CCN(c2ccc(C(=O)Nc3cccc(C(F)(F)F)c3)nc2)CC1. The number of alkyl halides is 3. The number of hydrogen-bond acceptors (Lipinski definition) is 3. The topological polar surface area (TPSA) is 45.2 Å². The number of carbonyl (C=O) groups is 1. The molecule has 138 valence electrons. The fourth-order valence-electron chi connectivity index (χ4n) is 2.94. The van der Waals surface area contributed by atoms with Crippen LogP contribution in [-0.4, -0.2) is 24.0 Å². The van der Waals surface area contributed by atoms with E-state index >= 15 is 0 Å². The highest BCUT2D eigenvalue weighted by Crippen LogP contribution is 2.30. The molecule has 0 aliphatic carbocycles. The Morgan fingerprint density at radius 1 is 1.19 bits per heavy atom. The van der Waals surface area contributed by atoms with Crippen LogP contribution in [0.4, 0.5) is 24.5 Å². The number of halogens is 3. The number of benzene rings is 1. The Morgan fingerprint density at radius 2 is 1.92 bits per heavy atom. The minimum Gasteiger partial charge on any atom is -0.370 e. The van der Waals surface area contributed by atoms with Crippen LogP contribution in [0.5, 0.6) is 0 Å². The van der Waals surface area contributed by atoms with E-state index in [1.54, 1.807) is 12.3 Å². The number of pyridine rings is 1. The van der Waals surface area contributed by atoms with Crippen molar-refractivity contribution in [2.45, 2.75) is 25.9 Å². The molecule has 0 saturated carbocycles. The van der Waals surface area contributed by atoms with E-state index in [9.17, 15) is 18.0 Å². The van der Waals surface area contributed by atoms with Crippen LogP contribution in [0.15, 0.2) is 42.6 Å². The zero-order valence-electron chi connectivity index (χ0n) is 14.4. The molecule has 7 heteroatoms. The largest absolute Gasteiger partial charge is 0.416 e. The standard InChI is InChI=1S/C19H20F3N3O/c1-13-7-9-25(10-8-13)16-5-6-17(23-12-16)18(26)24-15-4-2-3-14(11-15)19(20,21)22/h2-6,11-13H,7-10H2,1H3,(H,24,26). The maximum Gasteiger partial charge on any atom is 0.416 e. The zero-order valence-corrected chi connectivity index (χ0v) is 14.4. The molecule has 1 fully saturated rings. The fourth-order valence-corrected chi connectivity index (χ4v) is 2.94. The predicted octanol–water partition coefficient (Wildman–Crippen LogP) is 4.59. The number of carbonyl (C=O) groups excluding carboxylic acids is 1. The molecule has 1 aromatic carbocycles. The van der Waals surface area contributed by atoms with E-state index in [-0.39, 0.29) is 11.4 Å². The first-order chi connectivity index (χ1) is 12.3. The normalized spacial score (nSPS) is 15.8. The van der Waals surface area contributed by atoms with E-state index < -0.39 is 17.6 Å². The molecule has 0 unspecified atom stereocenters. The van der Waals surface area contributed by atoms with E-state index in [2.05, 4.69) is 22.1 Å². The van der Waals surface area contributed by atoms with Crippen LogP contribution < -0.4 is 10.2 Å². The van der Waals surface area contributed by atoms with Crippen molar-refractivity contribution in [3.05, 3.63) is 53.9 Å². The van der Waals surface area contributed by atoms with E-state index in [1.807, 2.05) is 6.07 Å². The van der Waals surface area contributed by atoms with Gasteiger partial charge in [0.2, 0.25) is 0 Å². The Labute approximate surface area is 150 Å². The molecule has 0 radical (unpaired) electrons. The van der Waals surface area contributed by atoms with Gasteiger partial charge in [0.25, 0.3) is 5.91 Å². The van der Waals surface area contributed by atoms with Gasteiger partial charge in [-0.15, -0.1) is 0 Å². The second-order valence-corrected chi connectivity index (χ2v) is 6.60. The van der Waals surface area contributed by atoms with Crippen molar-refractivity contribution in [1.29, 1.82) is 0 Å². The van der Waals surface area contributed by atoms with Crippen molar-refractivity contribution in [2.75, 3.05) is 23.3 Å². The number of hydrogen-bond donors (Lipinski definition) is 1. The molecule has 1 aromatic heterocycles. The van der Waals surface area contributed by atoms with Gasteiger partial charge in [-0.1, -0.05) is 13.0 Å². The third kappa shape index (κ3) is 4.33. The Bertz CT molecular complexity index is 766. The summed E-state index contributed by atoms with van der Waals surface area (Å²) in [6.07, 6.45) is -0.570. The first kappa shape index (κ1) is 18.2. The summed E-state index contributed by atoms with van der Waals surface area (Å²) in [5.41, 5.74) is 0.391. The van der Waals surface area contributed by atoms with Gasteiger partial charge in [-0.25, -0.2) is 4.98 Å². The molecule has 1 N–H and O–H groups in total. The molecule has 1 aliphatic rings. The first-order valence-electron chi connectivity index (χ1n) is 8.52. The molecule has 0 bridgehead atoms. The number of nitrogens with zero attached hydrogens (tertiary/aromatic N) is 2. The van der Waals surface area contributed by atoms with Gasteiger partial charge in [-0.2, -0.15) is 13.2 Å². The summed E-state index contributed by atoms with van der Waals surface area (Å²) in [6.45, 7) is 4.15.